The maximum Gasteiger partial charge on any atom is 0.106 e. The van der Waals surface area contributed by atoms with Crippen molar-refractivity contribution in [1.29, 1.82) is 0 Å². The first kappa shape index (κ1) is 6.83. The normalized spacial score (nSPS) is 18.2. The van der Waals surface area contributed by atoms with Gasteiger partial charge in [0, 0.05) is 6.20 Å². The Labute approximate surface area is 59.1 Å². The van der Waals surface area contributed by atoms with Gasteiger partial charge in [-0.3, -0.25) is 5.73 Å². The molecule has 0 aromatic heterocycles. The largest absolute Gasteiger partial charge is 0.347 e. The average molecular weight is 144 g/mol. The van der Waals surface area contributed by atoms with Crippen LogP contribution in [-0.2, 0) is 0 Å². The van der Waals surface area contributed by atoms with Crippen molar-refractivity contribution in [1.82, 2.24) is 5.32 Å². The van der Waals surface area contributed by atoms with Crippen LogP contribution in [0.25, 0.3) is 0 Å². The van der Waals surface area contributed by atoms with E-state index < -0.39 is 0 Å². The molecule has 3 N–H and O–H groups in total. The highest BCUT2D eigenvalue weighted by molar-refractivity contribution is 8.02. The van der Waals surface area contributed by atoms with Crippen molar-refractivity contribution in [2.75, 3.05) is 0 Å². The minimum absolute atomic E-state index is 0.611. The van der Waals surface area contributed by atoms with Gasteiger partial charge in [-0.1, -0.05) is 13.8 Å². The molecule has 0 aliphatic carbocycles. The second-order valence-electron chi connectivity index (χ2n) is 2.37. The van der Waals surface area contributed by atoms with E-state index in [4.69, 9.17) is 5.73 Å². The zero-order chi connectivity index (χ0) is 6.85. The molecule has 0 aromatic rings. The summed E-state index contributed by atoms with van der Waals surface area (Å²) in [6, 6.07) is 0. The van der Waals surface area contributed by atoms with Crippen molar-refractivity contribution in [2.24, 2.45) is 11.7 Å². The highest BCUT2D eigenvalue weighted by Gasteiger charge is 2.04. The summed E-state index contributed by atoms with van der Waals surface area (Å²) in [5.41, 5.74) is 5.50. The molecule has 52 valence electrons. The zero-order valence-electron chi connectivity index (χ0n) is 5.68. The Morgan fingerprint density at radius 2 is 2.33 bits per heavy atom. The van der Waals surface area contributed by atoms with Crippen LogP contribution < -0.4 is 11.1 Å². The van der Waals surface area contributed by atoms with E-state index in [-0.39, 0.29) is 0 Å². The van der Waals surface area contributed by atoms with E-state index in [0.717, 1.165) is 16.5 Å². The first-order valence-electron chi connectivity index (χ1n) is 3.01. The van der Waals surface area contributed by atoms with E-state index in [1.54, 1.807) is 0 Å². The quantitative estimate of drug-likeness (QED) is 0.372. The van der Waals surface area contributed by atoms with E-state index >= 15 is 0 Å². The fourth-order valence-electron chi connectivity index (χ4n) is 0.647. The van der Waals surface area contributed by atoms with Gasteiger partial charge in [0.05, 0.1) is 0 Å². The smallest absolute Gasteiger partial charge is 0.106 e. The number of allylic oxidation sites excluding steroid dienone is 1. The van der Waals surface area contributed by atoms with E-state index in [1.165, 1.54) is 4.91 Å². The first-order valence-corrected chi connectivity index (χ1v) is 3.90. The summed E-state index contributed by atoms with van der Waals surface area (Å²) in [6.45, 7) is 4.33. The monoisotopic (exact) mass is 144 g/mol. The average Bonchev–Trinajstić information content (AvgIpc) is 2.14. The maximum absolute atomic E-state index is 5.50. The molecule has 0 saturated heterocycles. The van der Waals surface area contributed by atoms with Crippen molar-refractivity contribution in [3.8, 4) is 0 Å². The number of hydrogen-bond acceptors (Lipinski definition) is 2. The molecule has 0 spiro atoms. The molecule has 3 heteroatoms. The number of nitrogens with one attached hydrogen (secondary N) is 1. The van der Waals surface area contributed by atoms with Crippen LogP contribution in [0.15, 0.2) is 11.1 Å². The molecule has 0 saturated carbocycles. The minimum Gasteiger partial charge on any atom is -0.347 e. The third kappa shape index (κ3) is 1.56. The Hall–Kier alpha value is -0.280. The van der Waals surface area contributed by atoms with Crippen LogP contribution >= 0.6 is 11.4 Å². The zero-order valence-corrected chi connectivity index (χ0v) is 6.57. The van der Waals surface area contributed by atoms with E-state index in [0.29, 0.717) is 5.92 Å². The minimum atomic E-state index is 0.611. The van der Waals surface area contributed by atoms with Gasteiger partial charge in [0.15, 0.2) is 0 Å². The van der Waals surface area contributed by atoms with Crippen molar-refractivity contribution >= 4 is 16.5 Å². The maximum atomic E-state index is 5.50. The SMILES string of the molecule is CC(C)C1=CNC(N)=[SH]1. The highest BCUT2D eigenvalue weighted by Crippen LogP contribution is 2.19. The van der Waals surface area contributed by atoms with Gasteiger partial charge in [0.25, 0.3) is 0 Å². The van der Waals surface area contributed by atoms with Crippen LogP contribution in [0.1, 0.15) is 13.8 Å². The van der Waals surface area contributed by atoms with Crippen molar-refractivity contribution < 1.29 is 0 Å². The van der Waals surface area contributed by atoms with Crippen molar-refractivity contribution in [3.05, 3.63) is 11.1 Å². The predicted molar refractivity (Wildman–Crippen MR) is 44.2 cm³/mol. The van der Waals surface area contributed by atoms with Crippen LogP contribution in [0, 0.1) is 5.92 Å². The van der Waals surface area contributed by atoms with E-state index in [1.807, 2.05) is 6.20 Å². The number of thiol groups is 1. The number of nitrogens with two attached hydrogens (primary N) is 1. The Morgan fingerprint density at radius 1 is 1.67 bits per heavy atom. The lowest BCUT2D eigenvalue weighted by Gasteiger charge is -1.99. The van der Waals surface area contributed by atoms with Crippen LogP contribution in [-0.4, -0.2) is 5.11 Å². The lowest BCUT2D eigenvalue weighted by Crippen LogP contribution is -2.21. The molecule has 1 aliphatic heterocycles. The molecule has 0 radical (unpaired) electrons. The van der Waals surface area contributed by atoms with Crippen LogP contribution in [0.4, 0.5) is 0 Å². The van der Waals surface area contributed by atoms with Crippen LogP contribution in [0.3, 0.4) is 0 Å². The highest BCUT2D eigenvalue weighted by atomic mass is 32.1. The van der Waals surface area contributed by atoms with Gasteiger partial charge in [-0.2, -0.15) is 0 Å². The summed E-state index contributed by atoms with van der Waals surface area (Å²) in [5, 5.41) is 3.82. The summed E-state index contributed by atoms with van der Waals surface area (Å²) in [6.07, 6.45) is 1.99. The Kier molecular flexibility index (Phi) is 1.93. The Morgan fingerprint density at radius 3 is 2.56 bits per heavy atom. The van der Waals surface area contributed by atoms with Gasteiger partial charge < -0.3 is 5.32 Å². The summed E-state index contributed by atoms with van der Waals surface area (Å²) in [5.74, 6) is 0.611. The molecule has 1 heterocycles. The molecule has 9 heavy (non-hydrogen) atoms. The van der Waals surface area contributed by atoms with E-state index in [9.17, 15) is 0 Å². The van der Waals surface area contributed by atoms with Crippen LogP contribution in [0.5, 0.6) is 0 Å². The van der Waals surface area contributed by atoms with Gasteiger partial charge in [0.2, 0.25) is 0 Å². The first-order chi connectivity index (χ1) is 4.20. The van der Waals surface area contributed by atoms with Crippen molar-refractivity contribution in [2.45, 2.75) is 13.8 Å². The lowest BCUT2D eigenvalue weighted by molar-refractivity contribution is 0.814. The molecular weight excluding hydrogens is 132 g/mol. The third-order valence-corrected chi connectivity index (χ3v) is 2.48. The second kappa shape index (κ2) is 2.54. The standard InChI is InChI=1S/C6H12N2S/c1-4(2)5-3-8-6(7)9-5/h3-4,8-9H,7H2,1-2H3. The molecular formula is C6H12N2S. The summed E-state index contributed by atoms with van der Waals surface area (Å²) in [7, 11) is 0. The van der Waals surface area contributed by atoms with Gasteiger partial charge in [-0.05, 0) is 10.8 Å². The fourth-order valence-corrected chi connectivity index (χ4v) is 1.44. The lowest BCUT2D eigenvalue weighted by atomic mass is 10.2. The van der Waals surface area contributed by atoms with Gasteiger partial charge >= 0.3 is 0 Å². The second-order valence-corrected chi connectivity index (χ2v) is 3.59. The summed E-state index contributed by atoms with van der Waals surface area (Å²) < 4.78 is 0. The van der Waals surface area contributed by atoms with Gasteiger partial charge in [-0.25, -0.2) is 0 Å². The molecule has 0 fully saturated rings. The molecule has 2 nitrogen and oxygen atoms in total. The third-order valence-electron chi connectivity index (χ3n) is 1.21. The van der Waals surface area contributed by atoms with Crippen LogP contribution in [0.2, 0.25) is 0 Å². The molecule has 0 aromatic carbocycles. The summed E-state index contributed by atoms with van der Waals surface area (Å²) >= 11 is 1.16. The van der Waals surface area contributed by atoms with Crippen molar-refractivity contribution in [3.63, 3.8) is 0 Å². The number of rotatable bonds is 1. The van der Waals surface area contributed by atoms with Gasteiger partial charge in [0.1, 0.15) is 5.11 Å². The fraction of sp³-hybridized carbons (Fsp3) is 0.500. The predicted octanol–water partition coefficient (Wildman–Crippen LogP) is 0.599. The topological polar surface area (TPSA) is 38.0 Å². The molecule has 0 unspecified atom stereocenters. The molecule has 1 aliphatic rings. The molecule has 0 atom stereocenters. The van der Waals surface area contributed by atoms with Gasteiger partial charge in [-0.15, -0.1) is 11.4 Å². The number of hydrogen-bond donors (Lipinski definition) is 3. The molecule has 1 rings (SSSR count). The molecule has 0 amide bonds. The Balaban J connectivity index is 2.64. The molecule has 0 bridgehead atoms. The summed E-state index contributed by atoms with van der Waals surface area (Å²) in [4.78, 5) is 1.37. The van der Waals surface area contributed by atoms with E-state index in [2.05, 4.69) is 19.2 Å². The Bertz CT molecular complexity index is 170.